The van der Waals surface area contributed by atoms with Gasteiger partial charge in [0, 0.05) is 31.2 Å². The predicted octanol–water partition coefficient (Wildman–Crippen LogP) is 4.69. The van der Waals surface area contributed by atoms with Gasteiger partial charge in [0.15, 0.2) is 0 Å². The van der Waals surface area contributed by atoms with Crippen molar-refractivity contribution in [3.05, 3.63) is 71.9 Å². The molecule has 5 rings (SSSR count). The van der Waals surface area contributed by atoms with Crippen molar-refractivity contribution < 1.29 is 14.6 Å². The highest BCUT2D eigenvalue weighted by Crippen LogP contribution is 2.42. The Labute approximate surface area is 213 Å². The summed E-state index contributed by atoms with van der Waals surface area (Å²) in [7, 11) is 3.38. The molecule has 3 aromatic rings. The third-order valence-electron chi connectivity index (χ3n) is 8.42. The van der Waals surface area contributed by atoms with Crippen LogP contribution in [0.25, 0.3) is 10.9 Å². The molecule has 36 heavy (non-hydrogen) atoms. The van der Waals surface area contributed by atoms with Gasteiger partial charge in [-0.1, -0.05) is 30.3 Å². The molecule has 6 heteroatoms. The Bertz CT molecular complexity index is 1180. The van der Waals surface area contributed by atoms with Crippen LogP contribution in [0.4, 0.5) is 0 Å². The van der Waals surface area contributed by atoms with E-state index in [0.717, 1.165) is 48.1 Å². The molecule has 1 aliphatic heterocycles. The number of benzene rings is 2. The van der Waals surface area contributed by atoms with Crippen molar-refractivity contribution in [1.29, 1.82) is 0 Å². The van der Waals surface area contributed by atoms with Gasteiger partial charge in [0.2, 0.25) is 5.91 Å². The summed E-state index contributed by atoms with van der Waals surface area (Å²) >= 11 is 0. The molecule has 1 saturated carbocycles. The van der Waals surface area contributed by atoms with Crippen LogP contribution in [0.2, 0.25) is 0 Å². The van der Waals surface area contributed by atoms with Crippen LogP contribution in [0, 0.1) is 11.8 Å². The van der Waals surface area contributed by atoms with Gasteiger partial charge < -0.3 is 15.2 Å². The highest BCUT2D eigenvalue weighted by molar-refractivity contribution is 5.83. The van der Waals surface area contributed by atoms with E-state index in [0.29, 0.717) is 18.4 Å². The molecule has 0 radical (unpaired) electrons. The number of nitrogens with one attached hydrogen (secondary N) is 1. The van der Waals surface area contributed by atoms with Gasteiger partial charge in [-0.25, -0.2) is 0 Å². The minimum absolute atomic E-state index is 0.0407. The Morgan fingerprint density at radius 3 is 2.75 bits per heavy atom. The van der Waals surface area contributed by atoms with Crippen LogP contribution < -0.4 is 10.1 Å². The van der Waals surface area contributed by atoms with E-state index in [1.165, 1.54) is 18.4 Å². The first kappa shape index (κ1) is 24.7. The van der Waals surface area contributed by atoms with E-state index >= 15 is 0 Å². The van der Waals surface area contributed by atoms with Crippen LogP contribution in [-0.2, 0) is 4.79 Å². The van der Waals surface area contributed by atoms with Crippen LogP contribution in [0.5, 0.6) is 5.75 Å². The zero-order chi connectivity index (χ0) is 25.1. The van der Waals surface area contributed by atoms with Crippen LogP contribution in [-0.4, -0.2) is 54.2 Å². The number of hydrogen-bond acceptors (Lipinski definition) is 5. The number of rotatable bonds is 8. The summed E-state index contributed by atoms with van der Waals surface area (Å²) in [4.78, 5) is 19.8. The number of carbonyl (C=O) groups excluding carboxylic acids is 1. The summed E-state index contributed by atoms with van der Waals surface area (Å²) in [6.07, 6.45) is 5.91. The maximum atomic E-state index is 12.9. The Morgan fingerprint density at radius 2 is 2.00 bits per heavy atom. The fourth-order valence-electron chi connectivity index (χ4n) is 6.16. The molecular formula is C30H37N3O3. The normalized spacial score (nSPS) is 25.2. The number of ether oxygens (including phenoxy) is 1. The van der Waals surface area contributed by atoms with Gasteiger partial charge in [-0.15, -0.1) is 0 Å². The number of carbonyl (C=O) groups is 1. The van der Waals surface area contributed by atoms with Gasteiger partial charge in [0.1, 0.15) is 5.75 Å². The molecule has 2 fully saturated rings. The maximum Gasteiger partial charge on any atom is 0.224 e. The van der Waals surface area contributed by atoms with Crippen molar-refractivity contribution in [2.24, 2.45) is 11.8 Å². The summed E-state index contributed by atoms with van der Waals surface area (Å²) in [6.45, 7) is 1.83. The van der Waals surface area contributed by atoms with E-state index in [1.807, 2.05) is 24.3 Å². The van der Waals surface area contributed by atoms with Gasteiger partial charge in [-0.05, 0) is 85.9 Å². The first-order chi connectivity index (χ1) is 17.6. The first-order valence-electron chi connectivity index (χ1n) is 13.2. The second-order valence-electron chi connectivity index (χ2n) is 10.4. The van der Waals surface area contributed by atoms with E-state index in [-0.39, 0.29) is 17.7 Å². The van der Waals surface area contributed by atoms with Crippen molar-refractivity contribution in [2.75, 3.05) is 27.2 Å². The number of aliphatic hydroxyl groups excluding tert-OH is 1. The van der Waals surface area contributed by atoms with Crippen LogP contribution in [0.15, 0.2) is 60.8 Å². The van der Waals surface area contributed by atoms with Gasteiger partial charge in [0.05, 0.1) is 24.6 Å². The summed E-state index contributed by atoms with van der Waals surface area (Å²) < 4.78 is 5.38. The lowest BCUT2D eigenvalue weighted by Gasteiger charge is -2.48. The van der Waals surface area contributed by atoms with E-state index in [2.05, 4.69) is 45.5 Å². The molecule has 1 unspecified atom stereocenters. The van der Waals surface area contributed by atoms with Crippen molar-refractivity contribution in [1.82, 2.24) is 15.2 Å². The third-order valence-corrected chi connectivity index (χ3v) is 8.42. The predicted molar refractivity (Wildman–Crippen MR) is 142 cm³/mol. The second kappa shape index (κ2) is 11.0. The van der Waals surface area contributed by atoms with E-state index < -0.39 is 6.10 Å². The molecule has 1 aliphatic carbocycles. The molecule has 0 bridgehead atoms. The monoisotopic (exact) mass is 487 g/mol. The number of amides is 1. The molecule has 190 valence electrons. The average molecular weight is 488 g/mol. The van der Waals surface area contributed by atoms with Crippen LogP contribution >= 0.6 is 0 Å². The fourth-order valence-corrected chi connectivity index (χ4v) is 6.16. The van der Waals surface area contributed by atoms with Gasteiger partial charge >= 0.3 is 0 Å². The molecule has 1 saturated heterocycles. The second-order valence-corrected chi connectivity index (χ2v) is 10.4. The average Bonchev–Trinajstić information content (AvgIpc) is 2.90. The highest BCUT2D eigenvalue weighted by Gasteiger charge is 2.40. The SMILES string of the molecule is CNC(=O)[C@H]1CN(C2CC(c3ccccc3)C2)CC[C@H]1CCC(O)c1ccnc2ccc(OC)cc12. The standard InChI is InChI=1S/C30H37N3O3/c1-31-30(35)27-19-33(23-16-22(17-23)20-6-4-3-5-7-20)15-13-21(27)8-11-29(34)25-12-14-32-28-10-9-24(36-2)18-26(25)28/h3-7,9-10,12,14,18,21-23,27,29,34H,8,11,13,15-17,19H2,1-2H3,(H,31,35)/t21-,22?,23?,27+,29?/m1/s1. The van der Waals surface area contributed by atoms with E-state index in [4.69, 9.17) is 4.74 Å². The fraction of sp³-hybridized carbons (Fsp3) is 0.467. The van der Waals surface area contributed by atoms with Gasteiger partial charge in [-0.2, -0.15) is 0 Å². The molecule has 2 N–H and O–H groups in total. The van der Waals surface area contributed by atoms with Crippen molar-refractivity contribution >= 4 is 16.8 Å². The third kappa shape index (κ3) is 5.11. The largest absolute Gasteiger partial charge is 0.497 e. The quantitative estimate of drug-likeness (QED) is 0.482. The molecule has 1 aromatic heterocycles. The molecule has 6 nitrogen and oxygen atoms in total. The molecule has 2 aliphatic rings. The Hall–Kier alpha value is -2.96. The Kier molecular flexibility index (Phi) is 7.54. The number of methoxy groups -OCH3 is 1. The Balaban J connectivity index is 1.22. The molecular weight excluding hydrogens is 450 g/mol. The molecule has 2 heterocycles. The molecule has 0 spiro atoms. The first-order valence-corrected chi connectivity index (χ1v) is 13.2. The van der Waals surface area contributed by atoms with Crippen molar-refractivity contribution in [3.63, 3.8) is 0 Å². The number of nitrogens with zero attached hydrogens (tertiary/aromatic N) is 2. The number of pyridine rings is 1. The summed E-state index contributed by atoms with van der Waals surface area (Å²) in [5.74, 6) is 1.74. The Morgan fingerprint density at radius 1 is 1.19 bits per heavy atom. The minimum atomic E-state index is -0.607. The summed E-state index contributed by atoms with van der Waals surface area (Å²) in [5, 5.41) is 15.0. The zero-order valence-electron chi connectivity index (χ0n) is 21.3. The van der Waals surface area contributed by atoms with Crippen LogP contribution in [0.3, 0.4) is 0 Å². The summed E-state index contributed by atoms with van der Waals surface area (Å²) in [5.41, 5.74) is 3.15. The number of hydrogen-bond donors (Lipinski definition) is 2. The van der Waals surface area contributed by atoms with Crippen molar-refractivity contribution in [3.8, 4) is 5.75 Å². The highest BCUT2D eigenvalue weighted by atomic mass is 16.5. The number of fused-ring (bicyclic) bond motifs is 1. The van der Waals surface area contributed by atoms with Crippen molar-refractivity contribution in [2.45, 2.75) is 50.2 Å². The number of piperidine rings is 1. The van der Waals surface area contributed by atoms with E-state index in [9.17, 15) is 9.90 Å². The molecule has 1 amide bonds. The molecule has 3 atom stereocenters. The lowest BCUT2D eigenvalue weighted by molar-refractivity contribution is -0.129. The number of aromatic nitrogens is 1. The molecule has 2 aromatic carbocycles. The zero-order valence-corrected chi connectivity index (χ0v) is 21.3. The van der Waals surface area contributed by atoms with E-state index in [1.54, 1.807) is 20.4 Å². The minimum Gasteiger partial charge on any atom is -0.497 e. The lowest BCUT2D eigenvalue weighted by atomic mass is 9.73. The number of likely N-dealkylation sites (tertiary alicyclic amines) is 1. The topological polar surface area (TPSA) is 74.7 Å². The smallest absolute Gasteiger partial charge is 0.224 e. The number of aliphatic hydroxyl groups is 1. The maximum absolute atomic E-state index is 12.9. The van der Waals surface area contributed by atoms with Crippen LogP contribution in [0.1, 0.15) is 55.3 Å². The van der Waals surface area contributed by atoms with Gasteiger partial charge in [0.25, 0.3) is 0 Å². The van der Waals surface area contributed by atoms with Gasteiger partial charge in [-0.3, -0.25) is 14.7 Å². The lowest BCUT2D eigenvalue weighted by Crippen LogP contribution is -2.53. The summed E-state index contributed by atoms with van der Waals surface area (Å²) in [6, 6.07) is 19.0.